The predicted molar refractivity (Wildman–Crippen MR) is 119 cm³/mol. The van der Waals surface area contributed by atoms with E-state index in [-0.39, 0.29) is 29.7 Å². The van der Waals surface area contributed by atoms with E-state index in [0.29, 0.717) is 22.6 Å². The van der Waals surface area contributed by atoms with Crippen molar-refractivity contribution in [3.05, 3.63) is 64.7 Å². The van der Waals surface area contributed by atoms with Gasteiger partial charge in [0.25, 0.3) is 0 Å². The van der Waals surface area contributed by atoms with Crippen LogP contribution in [0.2, 0.25) is 0 Å². The largest absolute Gasteiger partial charge is 0.496 e. The SMILES string of the molecule is CNS(=O)(=O)Cc1ccccc1CNC(=O)CSCc1cc(C(C)=O)ccc1OC. The second kappa shape index (κ2) is 11.1. The van der Waals surface area contributed by atoms with Crippen LogP contribution in [0.5, 0.6) is 5.75 Å². The first-order chi connectivity index (χ1) is 14.3. The lowest BCUT2D eigenvalue weighted by molar-refractivity contribution is -0.118. The van der Waals surface area contributed by atoms with Gasteiger partial charge in [0, 0.05) is 23.4 Å². The third-order valence-corrected chi connectivity index (χ3v) is 6.72. The minimum Gasteiger partial charge on any atom is -0.496 e. The molecule has 0 heterocycles. The number of amides is 1. The summed E-state index contributed by atoms with van der Waals surface area (Å²) in [5, 5.41) is 2.83. The molecule has 0 aromatic heterocycles. The average molecular weight is 451 g/mol. The van der Waals surface area contributed by atoms with Crippen molar-refractivity contribution >= 4 is 33.5 Å². The van der Waals surface area contributed by atoms with Crippen LogP contribution in [0.15, 0.2) is 42.5 Å². The molecule has 0 aliphatic carbocycles. The van der Waals surface area contributed by atoms with Gasteiger partial charge in [-0.25, -0.2) is 13.1 Å². The molecule has 0 aliphatic rings. The van der Waals surface area contributed by atoms with Gasteiger partial charge in [0.05, 0.1) is 18.6 Å². The average Bonchev–Trinajstić information content (AvgIpc) is 2.72. The van der Waals surface area contributed by atoms with Crippen LogP contribution in [0.3, 0.4) is 0 Å². The van der Waals surface area contributed by atoms with Crippen LogP contribution in [-0.2, 0) is 32.9 Å². The number of Topliss-reactive ketones (excluding diaryl/α,β-unsaturated/α-hetero) is 1. The van der Waals surface area contributed by atoms with E-state index < -0.39 is 10.0 Å². The molecule has 2 N–H and O–H groups in total. The van der Waals surface area contributed by atoms with E-state index in [0.717, 1.165) is 11.1 Å². The number of ether oxygens (including phenoxy) is 1. The van der Waals surface area contributed by atoms with E-state index in [1.165, 1.54) is 25.7 Å². The summed E-state index contributed by atoms with van der Waals surface area (Å²) < 4.78 is 31.3. The summed E-state index contributed by atoms with van der Waals surface area (Å²) in [5.41, 5.74) is 2.85. The molecule has 0 unspecified atom stereocenters. The number of benzene rings is 2. The Labute approximate surface area is 181 Å². The highest BCUT2D eigenvalue weighted by Gasteiger charge is 2.13. The number of sulfonamides is 1. The first-order valence-electron chi connectivity index (χ1n) is 9.26. The van der Waals surface area contributed by atoms with Gasteiger partial charge >= 0.3 is 0 Å². The highest BCUT2D eigenvalue weighted by atomic mass is 32.2. The number of nitrogens with one attached hydrogen (secondary N) is 2. The predicted octanol–water partition coefficient (Wildman–Crippen LogP) is 2.50. The number of hydrogen-bond acceptors (Lipinski definition) is 6. The quantitative estimate of drug-likeness (QED) is 0.510. The fourth-order valence-corrected chi connectivity index (χ4v) is 4.43. The maximum atomic E-state index is 12.2. The van der Waals surface area contributed by atoms with Gasteiger partial charge in [-0.3, -0.25) is 9.59 Å². The van der Waals surface area contributed by atoms with Gasteiger partial charge < -0.3 is 10.1 Å². The standard InChI is InChI=1S/C21H26N2O5S2/c1-15(24)16-8-9-20(28-3)19(10-16)12-29-13-21(25)23-11-17-6-4-5-7-18(17)14-30(26,27)22-2/h4-10,22H,11-14H2,1-3H3,(H,23,25). The third kappa shape index (κ3) is 7.16. The zero-order valence-corrected chi connectivity index (χ0v) is 18.9. The molecule has 1 amide bonds. The number of thioether (sulfide) groups is 1. The molecule has 2 aromatic rings. The van der Waals surface area contributed by atoms with Crippen LogP contribution in [0.4, 0.5) is 0 Å². The van der Waals surface area contributed by atoms with Gasteiger partial charge in [-0.15, -0.1) is 11.8 Å². The molecule has 162 valence electrons. The van der Waals surface area contributed by atoms with Gasteiger partial charge in [0.1, 0.15) is 5.75 Å². The number of methoxy groups -OCH3 is 1. The number of rotatable bonds is 11. The summed E-state index contributed by atoms with van der Waals surface area (Å²) in [7, 11) is -0.460. The Hall–Kier alpha value is -2.36. The topological polar surface area (TPSA) is 102 Å². The molecule has 2 rings (SSSR count). The van der Waals surface area contributed by atoms with E-state index in [1.54, 1.807) is 49.6 Å². The Morgan fingerprint density at radius 2 is 1.77 bits per heavy atom. The zero-order valence-electron chi connectivity index (χ0n) is 17.2. The van der Waals surface area contributed by atoms with Crippen molar-refractivity contribution < 1.29 is 22.7 Å². The van der Waals surface area contributed by atoms with Gasteiger partial charge in [-0.2, -0.15) is 0 Å². The van der Waals surface area contributed by atoms with Crippen LogP contribution in [0.25, 0.3) is 0 Å². The number of carbonyl (C=O) groups excluding carboxylic acids is 2. The molecule has 30 heavy (non-hydrogen) atoms. The van der Waals surface area contributed by atoms with Crippen LogP contribution < -0.4 is 14.8 Å². The van der Waals surface area contributed by atoms with Crippen molar-refractivity contribution in [3.63, 3.8) is 0 Å². The number of hydrogen-bond donors (Lipinski definition) is 2. The zero-order chi connectivity index (χ0) is 22.1. The maximum absolute atomic E-state index is 12.2. The molecule has 2 aromatic carbocycles. The molecule has 0 aliphatic heterocycles. The third-order valence-electron chi connectivity index (χ3n) is 4.43. The molecule has 0 bridgehead atoms. The number of ketones is 1. The fourth-order valence-electron chi connectivity index (χ4n) is 2.76. The van der Waals surface area contributed by atoms with Crippen molar-refractivity contribution in [1.82, 2.24) is 10.0 Å². The minimum absolute atomic E-state index is 0.0272. The van der Waals surface area contributed by atoms with Crippen LogP contribution in [0, 0.1) is 0 Å². The molecule has 0 spiro atoms. The van der Waals surface area contributed by atoms with Gasteiger partial charge in [0.15, 0.2) is 5.78 Å². The summed E-state index contributed by atoms with van der Waals surface area (Å²) in [5.74, 6) is 1.09. The van der Waals surface area contributed by atoms with E-state index in [9.17, 15) is 18.0 Å². The van der Waals surface area contributed by atoms with E-state index >= 15 is 0 Å². The molecular weight excluding hydrogens is 424 g/mol. The van der Waals surface area contributed by atoms with Gasteiger partial charge in [-0.05, 0) is 43.3 Å². The lowest BCUT2D eigenvalue weighted by Crippen LogP contribution is -2.26. The van der Waals surface area contributed by atoms with Crippen molar-refractivity contribution in [1.29, 1.82) is 0 Å². The lowest BCUT2D eigenvalue weighted by atomic mass is 10.1. The number of carbonyl (C=O) groups is 2. The Morgan fingerprint density at radius 3 is 2.40 bits per heavy atom. The first kappa shape index (κ1) is 23.9. The van der Waals surface area contributed by atoms with Crippen molar-refractivity contribution in [2.45, 2.75) is 25.0 Å². The second-order valence-corrected chi connectivity index (χ2v) is 9.50. The van der Waals surface area contributed by atoms with Crippen LogP contribution in [-0.4, -0.2) is 40.0 Å². The molecule has 0 saturated heterocycles. The Balaban J connectivity index is 1.91. The van der Waals surface area contributed by atoms with Crippen LogP contribution >= 0.6 is 11.8 Å². The molecular formula is C21H26N2O5S2. The fraction of sp³-hybridized carbons (Fsp3) is 0.333. The summed E-state index contributed by atoms with van der Waals surface area (Å²) >= 11 is 1.41. The highest BCUT2D eigenvalue weighted by molar-refractivity contribution is 7.99. The molecule has 0 atom stereocenters. The van der Waals surface area contributed by atoms with Crippen LogP contribution in [0.1, 0.15) is 34.0 Å². The lowest BCUT2D eigenvalue weighted by Gasteiger charge is -2.12. The van der Waals surface area contributed by atoms with E-state index in [1.807, 2.05) is 0 Å². The molecule has 0 saturated carbocycles. The highest BCUT2D eigenvalue weighted by Crippen LogP contribution is 2.25. The summed E-state index contributed by atoms with van der Waals surface area (Å²) in [6, 6.07) is 12.4. The molecule has 9 heteroatoms. The van der Waals surface area contributed by atoms with Crippen molar-refractivity contribution in [2.24, 2.45) is 0 Å². The molecule has 7 nitrogen and oxygen atoms in total. The van der Waals surface area contributed by atoms with Gasteiger partial charge in [0.2, 0.25) is 15.9 Å². The normalized spacial score (nSPS) is 11.2. The summed E-state index contributed by atoms with van der Waals surface area (Å²) in [6.45, 7) is 1.75. The Bertz CT molecular complexity index is 1010. The van der Waals surface area contributed by atoms with Gasteiger partial charge in [-0.1, -0.05) is 24.3 Å². The Kier molecular flexibility index (Phi) is 8.88. The first-order valence-corrected chi connectivity index (χ1v) is 12.1. The Morgan fingerprint density at radius 1 is 1.07 bits per heavy atom. The maximum Gasteiger partial charge on any atom is 0.230 e. The molecule has 0 fully saturated rings. The van der Waals surface area contributed by atoms with Crippen molar-refractivity contribution in [2.75, 3.05) is 19.9 Å². The summed E-state index contributed by atoms with van der Waals surface area (Å²) in [4.78, 5) is 23.8. The summed E-state index contributed by atoms with van der Waals surface area (Å²) in [6.07, 6.45) is 0. The monoisotopic (exact) mass is 450 g/mol. The molecule has 0 radical (unpaired) electrons. The van der Waals surface area contributed by atoms with E-state index in [4.69, 9.17) is 4.74 Å². The minimum atomic E-state index is -3.40. The van der Waals surface area contributed by atoms with Crippen molar-refractivity contribution in [3.8, 4) is 5.75 Å². The smallest absolute Gasteiger partial charge is 0.230 e. The second-order valence-electron chi connectivity index (χ2n) is 6.58. The van der Waals surface area contributed by atoms with E-state index in [2.05, 4.69) is 10.0 Å².